The summed E-state index contributed by atoms with van der Waals surface area (Å²) in [5.41, 5.74) is 9.46. The van der Waals surface area contributed by atoms with Crippen molar-refractivity contribution in [3.8, 4) is 0 Å². The highest BCUT2D eigenvalue weighted by Gasteiger charge is 2.12. The molecule has 0 spiro atoms. The van der Waals surface area contributed by atoms with E-state index in [9.17, 15) is 0 Å². The van der Waals surface area contributed by atoms with Crippen molar-refractivity contribution >= 4 is 47.4 Å². The minimum Gasteiger partial charge on any atom is -0.370 e. The Morgan fingerprint density at radius 2 is 2.00 bits per heavy atom. The van der Waals surface area contributed by atoms with Gasteiger partial charge in [-0.3, -0.25) is 4.99 Å². The number of aryl methyl sites for hydroxylation is 3. The van der Waals surface area contributed by atoms with Gasteiger partial charge < -0.3 is 15.6 Å². The normalized spacial score (nSPS) is 11.6. The molecule has 0 bridgehead atoms. The molecule has 150 valence electrons. The number of guanidine groups is 1. The number of hydrogen-bond acceptors (Lipinski definition) is 4. The van der Waals surface area contributed by atoms with Crippen molar-refractivity contribution in [2.24, 2.45) is 16.6 Å². The molecule has 2 rings (SSSR count). The average Bonchev–Trinajstić information content (AvgIpc) is 2.96. The number of halogens is 1. The summed E-state index contributed by atoms with van der Waals surface area (Å²) < 4.78 is 2.22. The number of nitrogens with two attached hydrogens (primary N) is 1. The van der Waals surface area contributed by atoms with Gasteiger partial charge in [-0.15, -0.1) is 34.2 Å². The van der Waals surface area contributed by atoms with Gasteiger partial charge in [0.05, 0.1) is 0 Å². The topological polar surface area (TPSA) is 81.1 Å². The van der Waals surface area contributed by atoms with E-state index in [-0.39, 0.29) is 24.0 Å². The van der Waals surface area contributed by atoms with Crippen molar-refractivity contribution in [2.45, 2.75) is 52.2 Å². The van der Waals surface area contributed by atoms with E-state index >= 15 is 0 Å². The summed E-state index contributed by atoms with van der Waals surface area (Å²) in [5, 5.41) is 12.7. The second-order valence-electron chi connectivity index (χ2n) is 6.90. The van der Waals surface area contributed by atoms with Gasteiger partial charge in [0.1, 0.15) is 5.82 Å². The largest absolute Gasteiger partial charge is 0.370 e. The number of anilines is 1. The molecule has 0 aliphatic rings. The number of benzene rings is 1. The lowest BCUT2D eigenvalue weighted by Crippen LogP contribution is -2.23. The Balaban J connectivity index is 0.00000364. The zero-order valence-electron chi connectivity index (χ0n) is 16.8. The second-order valence-corrected chi connectivity index (χ2v) is 7.68. The van der Waals surface area contributed by atoms with Crippen LogP contribution >= 0.6 is 35.7 Å². The van der Waals surface area contributed by atoms with Gasteiger partial charge in [0.2, 0.25) is 0 Å². The van der Waals surface area contributed by atoms with Gasteiger partial charge >= 0.3 is 0 Å². The molecule has 6 nitrogen and oxygen atoms in total. The summed E-state index contributed by atoms with van der Waals surface area (Å²) in [6, 6.07) is 6.18. The molecule has 1 heterocycles. The summed E-state index contributed by atoms with van der Waals surface area (Å²) in [5.74, 6) is 2.03. The molecule has 8 heteroatoms. The standard InChI is InChI=1S/C19H30N6S.HI/c1-13(2)12-25-17(23-24-19(25)26-5)7-6-10-21-18(20)22-16-9-8-14(3)15(4)11-16;/h8-9,11,13H,6-7,10,12H2,1-5H3,(H3,20,21,22);1H. The van der Waals surface area contributed by atoms with Crippen molar-refractivity contribution in [1.29, 1.82) is 0 Å². The Labute approximate surface area is 183 Å². The van der Waals surface area contributed by atoms with Crippen molar-refractivity contribution in [2.75, 3.05) is 18.1 Å². The van der Waals surface area contributed by atoms with Gasteiger partial charge in [0.25, 0.3) is 0 Å². The number of nitrogens with one attached hydrogen (secondary N) is 1. The molecule has 27 heavy (non-hydrogen) atoms. The zero-order chi connectivity index (χ0) is 19.1. The van der Waals surface area contributed by atoms with Gasteiger partial charge in [-0.05, 0) is 55.7 Å². The fourth-order valence-electron chi connectivity index (χ4n) is 2.65. The number of thioether (sulfide) groups is 1. The van der Waals surface area contributed by atoms with Gasteiger partial charge in [-0.25, -0.2) is 0 Å². The summed E-state index contributed by atoms with van der Waals surface area (Å²) in [4.78, 5) is 4.42. The minimum absolute atomic E-state index is 0. The van der Waals surface area contributed by atoms with Crippen LogP contribution < -0.4 is 11.1 Å². The first-order valence-electron chi connectivity index (χ1n) is 9.01. The van der Waals surface area contributed by atoms with Crippen LogP contribution in [0.3, 0.4) is 0 Å². The van der Waals surface area contributed by atoms with E-state index in [2.05, 4.69) is 64.9 Å². The Kier molecular flexibility index (Phi) is 10.1. The van der Waals surface area contributed by atoms with Crippen LogP contribution in [-0.4, -0.2) is 33.5 Å². The van der Waals surface area contributed by atoms with E-state index in [1.54, 1.807) is 11.8 Å². The quantitative estimate of drug-likeness (QED) is 0.186. The summed E-state index contributed by atoms with van der Waals surface area (Å²) >= 11 is 1.64. The molecule has 0 saturated carbocycles. The molecule has 3 N–H and O–H groups in total. The fourth-order valence-corrected chi connectivity index (χ4v) is 3.17. The SMILES string of the molecule is CSc1nnc(CCCN=C(N)Nc2ccc(C)c(C)c2)n1CC(C)C.I. The smallest absolute Gasteiger partial charge is 0.193 e. The van der Waals surface area contributed by atoms with Gasteiger partial charge in [-0.1, -0.05) is 31.7 Å². The molecular weight excluding hydrogens is 471 g/mol. The summed E-state index contributed by atoms with van der Waals surface area (Å²) in [7, 11) is 0. The first-order valence-corrected chi connectivity index (χ1v) is 10.2. The van der Waals surface area contributed by atoms with Crippen LogP contribution in [0.25, 0.3) is 0 Å². The maximum Gasteiger partial charge on any atom is 0.193 e. The van der Waals surface area contributed by atoms with Crippen molar-refractivity contribution in [3.05, 3.63) is 35.2 Å². The van der Waals surface area contributed by atoms with Crippen LogP contribution in [0.1, 0.15) is 37.2 Å². The monoisotopic (exact) mass is 502 g/mol. The third-order valence-corrected chi connectivity index (χ3v) is 4.81. The van der Waals surface area contributed by atoms with Crippen LogP contribution in [0, 0.1) is 19.8 Å². The number of rotatable bonds is 8. The number of aromatic nitrogens is 3. The highest BCUT2D eigenvalue weighted by Crippen LogP contribution is 2.17. The minimum atomic E-state index is 0. The van der Waals surface area contributed by atoms with E-state index in [0.29, 0.717) is 18.4 Å². The molecule has 2 aromatic rings. The van der Waals surface area contributed by atoms with Crippen LogP contribution in [0.5, 0.6) is 0 Å². The van der Waals surface area contributed by atoms with Crippen molar-refractivity contribution < 1.29 is 0 Å². The van der Waals surface area contributed by atoms with Crippen LogP contribution in [0.4, 0.5) is 5.69 Å². The van der Waals surface area contributed by atoms with E-state index in [4.69, 9.17) is 5.73 Å². The maximum absolute atomic E-state index is 6.00. The lowest BCUT2D eigenvalue weighted by molar-refractivity contribution is 0.477. The molecule has 0 aliphatic carbocycles. The number of aliphatic imine (C=N–C) groups is 1. The van der Waals surface area contributed by atoms with E-state index in [1.807, 2.05) is 12.3 Å². The Bertz CT molecular complexity index is 757. The Morgan fingerprint density at radius 3 is 2.63 bits per heavy atom. The molecule has 1 aromatic carbocycles. The number of nitrogens with zero attached hydrogens (tertiary/aromatic N) is 4. The van der Waals surface area contributed by atoms with Gasteiger partial charge in [0, 0.05) is 25.2 Å². The highest BCUT2D eigenvalue weighted by molar-refractivity contribution is 14.0. The predicted molar refractivity (Wildman–Crippen MR) is 126 cm³/mol. The molecule has 1 aromatic heterocycles. The van der Waals surface area contributed by atoms with Crippen LogP contribution in [0.2, 0.25) is 0 Å². The Hall–Kier alpha value is -1.29. The van der Waals surface area contributed by atoms with Crippen LogP contribution in [0.15, 0.2) is 28.3 Å². The number of hydrogen-bond donors (Lipinski definition) is 2. The van der Waals surface area contributed by atoms with E-state index < -0.39 is 0 Å². The lowest BCUT2D eigenvalue weighted by Gasteiger charge is -2.11. The predicted octanol–water partition coefficient (Wildman–Crippen LogP) is 4.25. The summed E-state index contributed by atoms with van der Waals surface area (Å²) in [6.45, 7) is 10.2. The molecule has 0 amide bonds. The lowest BCUT2D eigenvalue weighted by atomic mass is 10.1. The second kappa shape index (κ2) is 11.5. The molecule has 0 atom stereocenters. The molecular formula is C19H31IN6S. The van der Waals surface area contributed by atoms with Gasteiger partial charge in [0.15, 0.2) is 11.1 Å². The fraction of sp³-hybridized carbons (Fsp3) is 0.526. The third kappa shape index (κ3) is 7.33. The average molecular weight is 502 g/mol. The van der Waals surface area contributed by atoms with Crippen molar-refractivity contribution in [1.82, 2.24) is 14.8 Å². The molecule has 0 fully saturated rings. The van der Waals surface area contributed by atoms with E-state index in [0.717, 1.165) is 36.1 Å². The molecule has 0 saturated heterocycles. The Morgan fingerprint density at radius 1 is 1.26 bits per heavy atom. The molecule has 0 unspecified atom stereocenters. The van der Waals surface area contributed by atoms with Crippen LogP contribution in [-0.2, 0) is 13.0 Å². The highest BCUT2D eigenvalue weighted by atomic mass is 127. The summed E-state index contributed by atoms with van der Waals surface area (Å²) in [6.07, 6.45) is 3.77. The molecule has 0 radical (unpaired) electrons. The molecule has 0 aliphatic heterocycles. The zero-order valence-corrected chi connectivity index (χ0v) is 20.0. The van der Waals surface area contributed by atoms with Crippen molar-refractivity contribution in [3.63, 3.8) is 0 Å². The van der Waals surface area contributed by atoms with Gasteiger partial charge in [-0.2, -0.15) is 0 Å². The first-order chi connectivity index (χ1) is 12.4. The first kappa shape index (κ1) is 23.7. The maximum atomic E-state index is 6.00. The van der Waals surface area contributed by atoms with E-state index in [1.165, 1.54) is 11.1 Å². The third-order valence-electron chi connectivity index (χ3n) is 4.14.